The minimum Gasteiger partial charge on any atom is -0.395 e. The van der Waals surface area contributed by atoms with Crippen LogP contribution in [0.3, 0.4) is 0 Å². The maximum atomic E-state index is 17.2. The SMILES string of the molecule is CN(CCO)c1cnc(N2CCC(c3nc4c(c(C5CCC(F)(F)CC5)c3C(F)c3ccc(C(F)(F)F)cc3)C(O)CC(C)(C)C4)CC2)nc1. The van der Waals surface area contributed by atoms with E-state index >= 15 is 4.39 Å². The Morgan fingerprint density at radius 2 is 1.58 bits per heavy atom. The number of nitrogens with zero attached hydrogens (tertiary/aromatic N) is 5. The first kappa shape index (κ1) is 36.3. The standard InChI is InChI=1S/C37H45F6N5O2/c1-35(2)18-27-30(28(50)19-35)29(22-8-12-36(39,40)13-9-22)31(32(38)23-4-6-25(7-5-23)37(41,42)43)33(46-27)24-10-14-48(15-11-24)34-44-20-26(21-45-34)47(3)16-17-49/h4-7,20-22,24,28,32,49-50H,8-19H2,1-3H3. The Bertz CT molecular complexity index is 1630. The fourth-order valence-corrected chi connectivity index (χ4v) is 8.02. The van der Waals surface area contributed by atoms with Crippen LogP contribution in [0.15, 0.2) is 36.7 Å². The second-order valence-corrected chi connectivity index (χ2v) is 15.0. The number of rotatable bonds is 8. The van der Waals surface area contributed by atoms with Crippen molar-refractivity contribution in [3.05, 3.63) is 75.9 Å². The Kier molecular flexibility index (Phi) is 10.1. The summed E-state index contributed by atoms with van der Waals surface area (Å²) in [6, 6.07) is 3.99. The molecule has 1 saturated carbocycles. The number of piperidine rings is 1. The molecule has 0 bridgehead atoms. The van der Waals surface area contributed by atoms with Crippen LogP contribution in [-0.4, -0.2) is 64.4 Å². The lowest BCUT2D eigenvalue weighted by atomic mass is 9.68. The number of hydrogen-bond donors (Lipinski definition) is 2. The van der Waals surface area contributed by atoms with Crippen LogP contribution in [-0.2, 0) is 12.6 Å². The van der Waals surface area contributed by atoms with Crippen molar-refractivity contribution in [3.8, 4) is 0 Å². The van der Waals surface area contributed by atoms with Gasteiger partial charge < -0.3 is 20.0 Å². The van der Waals surface area contributed by atoms with Crippen molar-refractivity contribution >= 4 is 11.6 Å². The minimum atomic E-state index is -4.59. The van der Waals surface area contributed by atoms with Crippen molar-refractivity contribution in [1.82, 2.24) is 15.0 Å². The first-order valence-corrected chi connectivity index (χ1v) is 17.4. The van der Waals surface area contributed by atoms with Crippen LogP contribution in [0.1, 0.15) is 122 Å². The van der Waals surface area contributed by atoms with Gasteiger partial charge in [0.25, 0.3) is 0 Å². The van der Waals surface area contributed by atoms with Crippen molar-refractivity contribution in [2.24, 2.45) is 5.41 Å². The molecule has 2 fully saturated rings. The highest BCUT2D eigenvalue weighted by atomic mass is 19.4. The molecule has 3 aliphatic rings. The second kappa shape index (κ2) is 13.9. The van der Waals surface area contributed by atoms with Crippen LogP contribution in [0.5, 0.6) is 0 Å². The average molecular weight is 706 g/mol. The number of benzene rings is 1. The van der Waals surface area contributed by atoms with E-state index < -0.39 is 35.9 Å². The Morgan fingerprint density at radius 3 is 2.16 bits per heavy atom. The van der Waals surface area contributed by atoms with E-state index in [-0.39, 0.29) is 54.7 Å². The van der Waals surface area contributed by atoms with E-state index in [1.54, 1.807) is 12.4 Å². The van der Waals surface area contributed by atoms with E-state index in [0.717, 1.165) is 30.0 Å². The average Bonchev–Trinajstić information content (AvgIpc) is 3.06. The summed E-state index contributed by atoms with van der Waals surface area (Å²) in [5.74, 6) is -3.00. The number of fused-ring (bicyclic) bond motifs is 1. The molecule has 1 aliphatic heterocycles. The van der Waals surface area contributed by atoms with Crippen LogP contribution < -0.4 is 9.80 Å². The van der Waals surface area contributed by atoms with Gasteiger partial charge >= 0.3 is 6.18 Å². The number of likely N-dealkylation sites (N-methyl/N-ethyl adjacent to an activating group) is 1. The largest absolute Gasteiger partial charge is 0.416 e. The van der Waals surface area contributed by atoms with Crippen molar-refractivity contribution in [3.63, 3.8) is 0 Å². The molecule has 2 unspecified atom stereocenters. The number of aliphatic hydroxyl groups excluding tert-OH is 2. The number of aromatic nitrogens is 3. The molecule has 2 aliphatic carbocycles. The summed E-state index contributed by atoms with van der Waals surface area (Å²) in [4.78, 5) is 18.0. The summed E-state index contributed by atoms with van der Waals surface area (Å²) in [5.41, 5.74) is 1.95. The predicted molar refractivity (Wildman–Crippen MR) is 178 cm³/mol. The Morgan fingerprint density at radius 1 is 0.960 bits per heavy atom. The van der Waals surface area contributed by atoms with Crippen LogP contribution in [0.25, 0.3) is 0 Å². The van der Waals surface area contributed by atoms with Crippen molar-refractivity contribution in [2.45, 2.75) is 101 Å². The molecule has 7 nitrogen and oxygen atoms in total. The topological polar surface area (TPSA) is 85.6 Å². The summed E-state index contributed by atoms with van der Waals surface area (Å²) in [6.45, 7) is 5.55. The fourth-order valence-electron chi connectivity index (χ4n) is 8.02. The summed E-state index contributed by atoms with van der Waals surface area (Å²) >= 11 is 0. The van der Waals surface area contributed by atoms with Crippen LogP contribution in [0, 0.1) is 5.41 Å². The highest BCUT2D eigenvalue weighted by Crippen LogP contribution is 2.52. The van der Waals surface area contributed by atoms with Gasteiger partial charge in [-0.05, 0) is 73.1 Å². The van der Waals surface area contributed by atoms with Gasteiger partial charge in [-0.15, -0.1) is 0 Å². The molecule has 2 atom stereocenters. The molecule has 50 heavy (non-hydrogen) atoms. The van der Waals surface area contributed by atoms with E-state index in [0.29, 0.717) is 73.8 Å². The number of anilines is 2. The molecule has 272 valence electrons. The smallest absolute Gasteiger partial charge is 0.395 e. The zero-order chi connectivity index (χ0) is 36.0. The summed E-state index contributed by atoms with van der Waals surface area (Å²) in [6.07, 6.45) is -2.57. The van der Waals surface area contributed by atoms with E-state index in [4.69, 9.17) is 4.98 Å². The summed E-state index contributed by atoms with van der Waals surface area (Å²) in [7, 11) is 1.83. The van der Waals surface area contributed by atoms with E-state index in [2.05, 4.69) is 9.97 Å². The third kappa shape index (κ3) is 7.58. The zero-order valence-corrected chi connectivity index (χ0v) is 28.7. The first-order valence-electron chi connectivity index (χ1n) is 17.4. The van der Waals surface area contributed by atoms with E-state index in [9.17, 15) is 32.2 Å². The molecule has 2 N–H and O–H groups in total. The lowest BCUT2D eigenvalue weighted by Gasteiger charge is -2.41. The lowest BCUT2D eigenvalue weighted by molar-refractivity contribution is -0.137. The maximum Gasteiger partial charge on any atom is 0.416 e. The number of pyridine rings is 1. The number of hydrogen-bond acceptors (Lipinski definition) is 7. The van der Waals surface area contributed by atoms with Gasteiger partial charge in [-0.3, -0.25) is 4.98 Å². The summed E-state index contributed by atoms with van der Waals surface area (Å²) in [5, 5.41) is 20.8. The highest BCUT2D eigenvalue weighted by Gasteiger charge is 2.44. The monoisotopic (exact) mass is 705 g/mol. The van der Waals surface area contributed by atoms with Crippen LogP contribution in [0.2, 0.25) is 0 Å². The number of alkyl halides is 6. The third-order valence-electron chi connectivity index (χ3n) is 10.7. The zero-order valence-electron chi connectivity index (χ0n) is 28.7. The fraction of sp³-hybridized carbons (Fsp3) is 0.595. The number of halogens is 6. The Labute approximate surface area is 288 Å². The number of aliphatic hydroxyl groups is 2. The Hall–Kier alpha value is -3.45. The molecule has 1 aromatic carbocycles. The maximum absolute atomic E-state index is 17.2. The van der Waals surface area contributed by atoms with Gasteiger partial charge in [0.05, 0.1) is 42.0 Å². The van der Waals surface area contributed by atoms with Crippen LogP contribution in [0.4, 0.5) is 38.0 Å². The minimum absolute atomic E-state index is 0.00547. The van der Waals surface area contributed by atoms with E-state index in [1.807, 2.05) is 30.7 Å². The molecule has 3 heterocycles. The molecular weight excluding hydrogens is 660 g/mol. The third-order valence-corrected chi connectivity index (χ3v) is 10.7. The van der Waals surface area contributed by atoms with Gasteiger partial charge in [-0.1, -0.05) is 26.0 Å². The van der Waals surface area contributed by atoms with Gasteiger partial charge in [-0.25, -0.2) is 23.1 Å². The predicted octanol–water partition coefficient (Wildman–Crippen LogP) is 8.06. The summed E-state index contributed by atoms with van der Waals surface area (Å²) < 4.78 is 86.5. The lowest BCUT2D eigenvalue weighted by Crippen LogP contribution is -2.36. The van der Waals surface area contributed by atoms with Gasteiger partial charge in [0.1, 0.15) is 0 Å². The molecule has 6 rings (SSSR count). The Balaban J connectivity index is 1.41. The van der Waals surface area contributed by atoms with E-state index in [1.165, 1.54) is 0 Å². The second-order valence-electron chi connectivity index (χ2n) is 15.0. The van der Waals surface area contributed by atoms with Gasteiger partial charge in [-0.2, -0.15) is 13.2 Å². The van der Waals surface area contributed by atoms with Crippen molar-refractivity contribution in [2.75, 3.05) is 43.1 Å². The molecule has 1 saturated heterocycles. The first-order chi connectivity index (χ1) is 23.6. The molecule has 2 aromatic heterocycles. The van der Waals surface area contributed by atoms with Crippen LogP contribution >= 0.6 is 0 Å². The molecular formula is C37H45F6N5O2. The molecule has 13 heteroatoms. The van der Waals surface area contributed by atoms with Crippen molar-refractivity contribution < 1.29 is 36.6 Å². The molecule has 0 spiro atoms. The molecule has 3 aromatic rings. The highest BCUT2D eigenvalue weighted by molar-refractivity contribution is 5.51. The van der Waals surface area contributed by atoms with Gasteiger partial charge in [0.15, 0.2) is 6.17 Å². The van der Waals surface area contributed by atoms with Gasteiger partial charge in [0.2, 0.25) is 11.9 Å². The normalized spacial score (nSPS) is 21.9. The quantitative estimate of drug-likeness (QED) is 0.230. The van der Waals surface area contributed by atoms with Gasteiger partial charge in [0, 0.05) is 62.3 Å². The molecule has 0 radical (unpaired) electrons. The molecule has 0 amide bonds. The van der Waals surface area contributed by atoms with Crippen molar-refractivity contribution in [1.29, 1.82) is 0 Å².